The van der Waals surface area contributed by atoms with Crippen LogP contribution in [-0.4, -0.2) is 61.6 Å². The molecule has 49 heavy (non-hydrogen) atoms. The molecule has 1 aliphatic carbocycles. The van der Waals surface area contributed by atoms with E-state index in [1.807, 2.05) is 33.8 Å². The second-order valence-corrected chi connectivity index (χ2v) is 17.2. The monoisotopic (exact) mass is 710 g/mol. The van der Waals surface area contributed by atoms with Gasteiger partial charge in [-0.15, -0.1) is 4.72 Å². The van der Waals surface area contributed by atoms with E-state index in [1.165, 1.54) is 11.1 Å². The van der Waals surface area contributed by atoms with Gasteiger partial charge >= 0.3 is 12.1 Å². The zero-order chi connectivity index (χ0) is 35.9. The fourth-order valence-corrected chi connectivity index (χ4v) is 7.64. The van der Waals surface area contributed by atoms with Crippen molar-refractivity contribution < 1.29 is 23.6 Å². The number of nitrogens with zero attached hydrogens (tertiary/aromatic N) is 4. The van der Waals surface area contributed by atoms with Crippen LogP contribution in [0, 0.1) is 19.3 Å². The molecule has 13 heteroatoms. The number of benzene rings is 1. The van der Waals surface area contributed by atoms with Crippen LogP contribution >= 0.6 is 11.6 Å². The zero-order valence-corrected chi connectivity index (χ0v) is 31.4. The Morgan fingerprint density at radius 2 is 1.73 bits per heavy atom. The van der Waals surface area contributed by atoms with E-state index in [0.29, 0.717) is 46.6 Å². The minimum Gasteiger partial charge on any atom is -0.598 e. The lowest BCUT2D eigenvalue weighted by Gasteiger charge is -2.44. The van der Waals surface area contributed by atoms with E-state index in [1.54, 1.807) is 40.7 Å². The predicted molar refractivity (Wildman–Crippen MR) is 193 cm³/mol. The van der Waals surface area contributed by atoms with Gasteiger partial charge in [-0.1, -0.05) is 35.9 Å². The van der Waals surface area contributed by atoms with Crippen molar-refractivity contribution in [2.45, 2.75) is 98.0 Å². The van der Waals surface area contributed by atoms with Crippen molar-refractivity contribution in [3.63, 3.8) is 0 Å². The number of halogens is 1. The molecule has 2 aromatic heterocycles. The summed E-state index contributed by atoms with van der Waals surface area (Å²) in [7, 11) is 0. The van der Waals surface area contributed by atoms with Gasteiger partial charge in [0, 0.05) is 35.4 Å². The lowest BCUT2D eigenvalue weighted by molar-refractivity contribution is 0.0518. The van der Waals surface area contributed by atoms with Crippen LogP contribution in [0.25, 0.3) is 11.3 Å². The smallest absolute Gasteiger partial charge is 0.413 e. The number of nitrogens with one attached hydrogen (secondary N) is 2. The molecule has 0 bridgehead atoms. The van der Waals surface area contributed by atoms with Gasteiger partial charge in [-0.2, -0.15) is 0 Å². The summed E-state index contributed by atoms with van der Waals surface area (Å²) >= 11 is 5.50. The molecule has 1 aromatic carbocycles. The Morgan fingerprint density at radius 3 is 2.37 bits per heavy atom. The van der Waals surface area contributed by atoms with Gasteiger partial charge in [-0.3, -0.25) is 5.32 Å². The number of carbonyl (C=O) groups is 2. The van der Waals surface area contributed by atoms with Gasteiger partial charge in [0.1, 0.15) is 16.2 Å². The first kappa shape index (κ1) is 36.8. The van der Waals surface area contributed by atoms with Crippen LogP contribution in [0.1, 0.15) is 100 Å². The summed E-state index contributed by atoms with van der Waals surface area (Å²) in [5.74, 6) is 0.0827. The minimum atomic E-state index is -1.25. The van der Waals surface area contributed by atoms with Crippen molar-refractivity contribution >= 4 is 46.7 Å². The molecular weight excluding hydrogens is 664 g/mol. The Hall–Kier alpha value is -3.45. The molecule has 1 amide bonds. The maximum Gasteiger partial charge on any atom is 0.413 e. The molecule has 1 fully saturated rings. The molecule has 0 saturated carbocycles. The van der Waals surface area contributed by atoms with Crippen molar-refractivity contribution in [3.8, 4) is 11.3 Å². The predicted octanol–water partition coefficient (Wildman–Crippen LogP) is 7.27. The summed E-state index contributed by atoms with van der Waals surface area (Å²) in [5.41, 5.74) is 3.57. The second-order valence-electron chi connectivity index (χ2n) is 14.8. The first-order valence-electron chi connectivity index (χ1n) is 16.7. The van der Waals surface area contributed by atoms with E-state index < -0.39 is 33.8 Å². The molecule has 3 aromatic rings. The third-order valence-corrected chi connectivity index (χ3v) is 10.9. The molecule has 11 nitrogen and oxygen atoms in total. The van der Waals surface area contributed by atoms with Gasteiger partial charge < -0.3 is 18.9 Å². The largest absolute Gasteiger partial charge is 0.598 e. The maximum atomic E-state index is 13.5. The van der Waals surface area contributed by atoms with Gasteiger partial charge in [0.25, 0.3) is 0 Å². The van der Waals surface area contributed by atoms with Crippen molar-refractivity contribution in [1.82, 2.24) is 19.7 Å². The summed E-state index contributed by atoms with van der Waals surface area (Å²) in [4.78, 5) is 42.3. The molecule has 3 heterocycles. The van der Waals surface area contributed by atoms with Crippen LogP contribution in [0.4, 0.5) is 16.4 Å². The van der Waals surface area contributed by atoms with Crippen molar-refractivity contribution in [3.05, 3.63) is 63.6 Å². The molecule has 0 unspecified atom stereocenters. The van der Waals surface area contributed by atoms with Crippen LogP contribution in [0.2, 0.25) is 5.02 Å². The second kappa shape index (κ2) is 14.0. The van der Waals surface area contributed by atoms with Crippen LogP contribution in [0.5, 0.6) is 0 Å². The normalized spacial score (nSPS) is 17.9. The van der Waals surface area contributed by atoms with Crippen LogP contribution in [0.3, 0.4) is 0 Å². The molecular formula is C36H47ClN6O5S. The number of aryl methyl sites for hydroxylation is 2. The number of esters is 1. The van der Waals surface area contributed by atoms with Crippen molar-refractivity contribution in [2.24, 2.45) is 5.41 Å². The summed E-state index contributed by atoms with van der Waals surface area (Å²) in [6.07, 6.45) is 1.80. The first-order chi connectivity index (χ1) is 22.9. The van der Waals surface area contributed by atoms with E-state index in [9.17, 15) is 14.1 Å². The summed E-state index contributed by atoms with van der Waals surface area (Å²) in [6, 6.07) is 9.94. The Labute approximate surface area is 297 Å². The first-order valence-corrected chi connectivity index (χ1v) is 18.2. The fourth-order valence-electron chi connectivity index (χ4n) is 6.51. The van der Waals surface area contributed by atoms with Crippen LogP contribution < -0.4 is 14.9 Å². The molecule has 2 N–H and O–H groups in total. The third kappa shape index (κ3) is 7.98. The van der Waals surface area contributed by atoms with Crippen molar-refractivity contribution in [1.29, 1.82) is 0 Å². The van der Waals surface area contributed by atoms with E-state index >= 15 is 0 Å². The topological polar surface area (TPSA) is 142 Å². The van der Waals surface area contributed by atoms with Gasteiger partial charge in [-0.25, -0.2) is 24.5 Å². The summed E-state index contributed by atoms with van der Waals surface area (Å²) < 4.78 is 27.3. The average molecular weight is 711 g/mol. The van der Waals surface area contributed by atoms with Crippen LogP contribution in [0.15, 0.2) is 30.3 Å². The molecule has 264 valence electrons. The Kier molecular flexibility index (Phi) is 10.6. The number of amides is 1. The van der Waals surface area contributed by atoms with E-state index in [2.05, 4.69) is 38.1 Å². The number of fused-ring (bicyclic) bond motifs is 1. The highest BCUT2D eigenvalue weighted by molar-refractivity contribution is 7.90. The average Bonchev–Trinajstić information content (AvgIpc) is 3.30. The molecule has 2 aliphatic rings. The third-order valence-electron chi connectivity index (χ3n) is 8.89. The van der Waals surface area contributed by atoms with E-state index in [0.717, 1.165) is 19.3 Å². The number of anilines is 2. The standard InChI is InChI=1S/C36H47ClN6O5S/c1-10-47-32(44)29-31(39-22(3)28(41-29)25-19-26(38-21(2)27(25)37)40-33(45)48-34(4,5)6)43-17-15-36(16-18-43)20-23-13-11-12-14-24(23)30(36)42-49(46)35(7,8)9/h11-14,19,30,42H,10,15-18,20H2,1-9H3,(H,38,40,45)/t30-,49-/m1/s1. The van der Waals surface area contributed by atoms with Crippen molar-refractivity contribution in [2.75, 3.05) is 29.9 Å². The van der Waals surface area contributed by atoms with Gasteiger partial charge in [0.05, 0.1) is 34.8 Å². The SMILES string of the molecule is CCOC(=O)c1nc(-c2cc(NC(=O)OC(C)(C)C)nc(C)c2Cl)c(C)nc1N1CCC2(CC1)Cc1ccccc1[C@H]2N[S@+]([O-])C(C)(C)C. The van der Waals surface area contributed by atoms with E-state index in [-0.39, 0.29) is 29.6 Å². The van der Waals surface area contributed by atoms with Gasteiger partial charge in [0.15, 0.2) is 11.5 Å². The molecule has 1 saturated heterocycles. The molecule has 1 spiro atoms. The summed E-state index contributed by atoms with van der Waals surface area (Å²) in [5, 5.41) is 2.99. The fraction of sp³-hybridized carbons (Fsp3) is 0.528. The molecule has 5 rings (SSSR count). The molecule has 2 atom stereocenters. The number of piperidine rings is 1. The maximum absolute atomic E-state index is 13.5. The van der Waals surface area contributed by atoms with E-state index in [4.69, 9.17) is 31.0 Å². The Morgan fingerprint density at radius 1 is 1.06 bits per heavy atom. The highest BCUT2D eigenvalue weighted by Crippen LogP contribution is 2.53. The Balaban J connectivity index is 1.47. The lowest BCUT2D eigenvalue weighted by atomic mass is 9.73. The number of hydrogen-bond acceptors (Lipinski definition) is 10. The molecule has 1 aliphatic heterocycles. The van der Waals surface area contributed by atoms with Gasteiger partial charge in [0.2, 0.25) is 0 Å². The number of rotatable bonds is 7. The number of ether oxygens (including phenoxy) is 2. The number of aromatic nitrogens is 3. The number of hydrogen-bond donors (Lipinski definition) is 2. The number of carbonyl (C=O) groups excluding carboxylic acids is 2. The quantitative estimate of drug-likeness (QED) is 0.190. The van der Waals surface area contributed by atoms with Crippen LogP contribution in [-0.2, 0) is 27.3 Å². The lowest BCUT2D eigenvalue weighted by Crippen LogP contribution is -2.50. The Bertz CT molecular complexity index is 1730. The zero-order valence-electron chi connectivity index (χ0n) is 29.8. The van der Waals surface area contributed by atoms with Gasteiger partial charge in [-0.05, 0) is 98.8 Å². The number of pyridine rings is 1. The molecule has 0 radical (unpaired) electrons. The minimum absolute atomic E-state index is 0.0637. The highest BCUT2D eigenvalue weighted by atomic mass is 35.5. The summed E-state index contributed by atoms with van der Waals surface area (Å²) in [6.45, 7) is 17.9. The highest BCUT2D eigenvalue weighted by Gasteiger charge is 2.50.